The van der Waals surface area contributed by atoms with Crippen LogP contribution in [-0.2, 0) is 17.8 Å². The van der Waals surface area contributed by atoms with E-state index in [1.165, 1.54) is 5.56 Å². The van der Waals surface area contributed by atoms with Gasteiger partial charge in [-0.1, -0.05) is 35.9 Å². The summed E-state index contributed by atoms with van der Waals surface area (Å²) in [5.41, 5.74) is 3.21. The molecule has 1 heterocycles. The van der Waals surface area contributed by atoms with Gasteiger partial charge in [0.15, 0.2) is 6.10 Å². The molecule has 4 heteroatoms. The van der Waals surface area contributed by atoms with Crippen molar-refractivity contribution in [1.29, 1.82) is 0 Å². The lowest BCUT2D eigenvalue weighted by Gasteiger charge is -2.08. The number of aliphatic carboxylic acids is 1. The molecule has 1 aliphatic heterocycles. The second-order valence-corrected chi connectivity index (χ2v) is 5.19. The first kappa shape index (κ1) is 13.5. The molecule has 2 aromatic rings. The first-order chi connectivity index (χ1) is 10.1. The predicted octanol–water partition coefficient (Wildman–Crippen LogP) is 2.96. The van der Waals surface area contributed by atoms with E-state index < -0.39 is 12.1 Å². The summed E-state index contributed by atoms with van der Waals surface area (Å²) in [7, 11) is 0. The molecule has 0 fully saturated rings. The quantitative estimate of drug-likeness (QED) is 0.937. The SMILES string of the molecule is Cc1ccc(COc2ccc3c(c2)OC(C(=O)O)C3)cc1. The Balaban J connectivity index is 1.67. The minimum Gasteiger partial charge on any atom is -0.489 e. The average molecular weight is 284 g/mol. The van der Waals surface area contributed by atoms with Crippen molar-refractivity contribution in [2.45, 2.75) is 26.1 Å². The molecule has 4 nitrogen and oxygen atoms in total. The number of carbonyl (C=O) groups is 1. The van der Waals surface area contributed by atoms with Crippen LogP contribution in [-0.4, -0.2) is 17.2 Å². The molecule has 0 saturated heterocycles. The van der Waals surface area contributed by atoms with Gasteiger partial charge in [0.25, 0.3) is 0 Å². The Morgan fingerprint density at radius 1 is 1.29 bits per heavy atom. The maximum absolute atomic E-state index is 10.9. The van der Waals surface area contributed by atoms with Crippen LogP contribution in [0.1, 0.15) is 16.7 Å². The lowest BCUT2D eigenvalue weighted by Crippen LogP contribution is -2.24. The zero-order valence-corrected chi connectivity index (χ0v) is 11.7. The van der Waals surface area contributed by atoms with Crippen molar-refractivity contribution in [3.63, 3.8) is 0 Å². The minimum atomic E-state index is -0.937. The fraction of sp³-hybridized carbons (Fsp3) is 0.235. The molecule has 1 N–H and O–H groups in total. The van der Waals surface area contributed by atoms with E-state index in [1.807, 2.05) is 43.3 Å². The molecular formula is C17H16O4. The average Bonchev–Trinajstić information content (AvgIpc) is 2.90. The smallest absolute Gasteiger partial charge is 0.345 e. The molecule has 108 valence electrons. The van der Waals surface area contributed by atoms with Crippen LogP contribution in [0.25, 0.3) is 0 Å². The van der Waals surface area contributed by atoms with Gasteiger partial charge in [-0.2, -0.15) is 0 Å². The highest BCUT2D eigenvalue weighted by Gasteiger charge is 2.28. The highest BCUT2D eigenvalue weighted by atomic mass is 16.5. The van der Waals surface area contributed by atoms with Crippen molar-refractivity contribution in [2.75, 3.05) is 0 Å². The van der Waals surface area contributed by atoms with Crippen LogP contribution in [0, 0.1) is 6.92 Å². The number of aryl methyl sites for hydroxylation is 1. The second kappa shape index (κ2) is 5.48. The van der Waals surface area contributed by atoms with Crippen molar-refractivity contribution < 1.29 is 19.4 Å². The molecule has 21 heavy (non-hydrogen) atoms. The van der Waals surface area contributed by atoms with E-state index in [0.29, 0.717) is 24.5 Å². The van der Waals surface area contributed by atoms with E-state index >= 15 is 0 Å². The van der Waals surface area contributed by atoms with E-state index in [4.69, 9.17) is 14.6 Å². The Morgan fingerprint density at radius 2 is 2.05 bits per heavy atom. The Labute approximate surface area is 122 Å². The first-order valence-corrected chi connectivity index (χ1v) is 6.82. The lowest BCUT2D eigenvalue weighted by atomic mass is 10.1. The van der Waals surface area contributed by atoms with Crippen molar-refractivity contribution in [3.8, 4) is 11.5 Å². The molecule has 0 radical (unpaired) electrons. The summed E-state index contributed by atoms with van der Waals surface area (Å²) in [6.07, 6.45) is -0.379. The van der Waals surface area contributed by atoms with Gasteiger partial charge in [0.2, 0.25) is 0 Å². The van der Waals surface area contributed by atoms with Gasteiger partial charge < -0.3 is 14.6 Å². The van der Waals surface area contributed by atoms with Crippen LogP contribution < -0.4 is 9.47 Å². The summed E-state index contributed by atoms with van der Waals surface area (Å²) in [4.78, 5) is 10.9. The van der Waals surface area contributed by atoms with Crippen LogP contribution in [0.3, 0.4) is 0 Å². The molecule has 1 atom stereocenters. The number of fused-ring (bicyclic) bond motifs is 1. The number of rotatable bonds is 4. The van der Waals surface area contributed by atoms with E-state index in [-0.39, 0.29) is 0 Å². The summed E-state index contributed by atoms with van der Waals surface area (Å²) in [5.74, 6) is 0.345. The number of carboxylic acids is 1. The van der Waals surface area contributed by atoms with E-state index in [1.54, 1.807) is 6.07 Å². The fourth-order valence-corrected chi connectivity index (χ4v) is 2.29. The number of ether oxygens (including phenoxy) is 2. The summed E-state index contributed by atoms with van der Waals surface area (Å²) in [6.45, 7) is 2.52. The van der Waals surface area contributed by atoms with Crippen LogP contribution in [0.5, 0.6) is 11.5 Å². The van der Waals surface area contributed by atoms with Gasteiger partial charge in [-0.05, 0) is 24.1 Å². The normalized spacial score (nSPS) is 16.1. The molecule has 1 unspecified atom stereocenters. The topological polar surface area (TPSA) is 55.8 Å². The number of carboxylic acid groups (broad SMARTS) is 1. The van der Waals surface area contributed by atoms with Gasteiger partial charge in [0, 0.05) is 12.5 Å². The summed E-state index contributed by atoms with van der Waals surface area (Å²) >= 11 is 0. The van der Waals surface area contributed by atoms with Gasteiger partial charge in [-0.25, -0.2) is 4.79 Å². The zero-order valence-electron chi connectivity index (χ0n) is 11.7. The molecule has 0 aromatic heterocycles. The largest absolute Gasteiger partial charge is 0.489 e. The third-order valence-corrected chi connectivity index (χ3v) is 3.51. The Kier molecular flexibility index (Phi) is 3.52. The minimum absolute atomic E-state index is 0.406. The third kappa shape index (κ3) is 2.99. The number of hydrogen-bond donors (Lipinski definition) is 1. The summed E-state index contributed by atoms with van der Waals surface area (Å²) in [6, 6.07) is 13.6. The standard InChI is InChI=1S/C17H16O4/c1-11-2-4-12(5-3-11)10-20-14-7-6-13-8-16(17(18)19)21-15(13)9-14/h2-7,9,16H,8,10H2,1H3,(H,18,19). The van der Waals surface area contributed by atoms with Gasteiger partial charge in [0.05, 0.1) is 0 Å². The Bertz CT molecular complexity index is 661. The molecular weight excluding hydrogens is 268 g/mol. The van der Waals surface area contributed by atoms with Gasteiger partial charge >= 0.3 is 5.97 Å². The lowest BCUT2D eigenvalue weighted by molar-refractivity contribution is -0.144. The van der Waals surface area contributed by atoms with Crippen LogP contribution in [0.15, 0.2) is 42.5 Å². The van der Waals surface area contributed by atoms with Crippen LogP contribution >= 0.6 is 0 Å². The molecule has 0 amide bonds. The summed E-state index contributed by atoms with van der Waals surface area (Å²) < 4.78 is 11.1. The number of hydrogen-bond acceptors (Lipinski definition) is 3. The number of benzene rings is 2. The molecule has 0 spiro atoms. The zero-order chi connectivity index (χ0) is 14.8. The first-order valence-electron chi connectivity index (χ1n) is 6.82. The Hall–Kier alpha value is -2.49. The molecule has 3 rings (SSSR count). The molecule has 1 aliphatic rings. The fourth-order valence-electron chi connectivity index (χ4n) is 2.29. The van der Waals surface area contributed by atoms with Crippen molar-refractivity contribution in [1.82, 2.24) is 0 Å². The second-order valence-electron chi connectivity index (χ2n) is 5.19. The maximum Gasteiger partial charge on any atom is 0.345 e. The van der Waals surface area contributed by atoms with E-state index in [9.17, 15) is 4.79 Å². The van der Waals surface area contributed by atoms with Crippen LogP contribution in [0.4, 0.5) is 0 Å². The van der Waals surface area contributed by atoms with Crippen molar-refractivity contribution in [2.24, 2.45) is 0 Å². The summed E-state index contributed by atoms with van der Waals surface area (Å²) in [5, 5.41) is 8.97. The monoisotopic (exact) mass is 284 g/mol. The van der Waals surface area contributed by atoms with E-state index in [2.05, 4.69) is 0 Å². The molecule has 0 bridgehead atoms. The highest BCUT2D eigenvalue weighted by molar-refractivity contribution is 5.74. The van der Waals surface area contributed by atoms with Gasteiger partial charge in [0.1, 0.15) is 18.1 Å². The molecule has 0 aliphatic carbocycles. The molecule has 0 saturated carbocycles. The van der Waals surface area contributed by atoms with Crippen molar-refractivity contribution >= 4 is 5.97 Å². The predicted molar refractivity (Wildman–Crippen MR) is 77.7 cm³/mol. The highest BCUT2D eigenvalue weighted by Crippen LogP contribution is 2.32. The van der Waals surface area contributed by atoms with Gasteiger partial charge in [-0.3, -0.25) is 0 Å². The Morgan fingerprint density at radius 3 is 2.76 bits per heavy atom. The molecule has 2 aromatic carbocycles. The maximum atomic E-state index is 10.9. The van der Waals surface area contributed by atoms with Crippen LogP contribution in [0.2, 0.25) is 0 Å². The third-order valence-electron chi connectivity index (χ3n) is 3.51. The van der Waals surface area contributed by atoms with E-state index in [0.717, 1.165) is 11.1 Å². The van der Waals surface area contributed by atoms with Crippen molar-refractivity contribution in [3.05, 3.63) is 59.2 Å². The van der Waals surface area contributed by atoms with Gasteiger partial charge in [-0.15, -0.1) is 0 Å².